The monoisotopic (exact) mass is 738 g/mol. The van der Waals surface area contributed by atoms with Crippen LogP contribution < -0.4 is 0 Å². The number of hydrogen-bond donors (Lipinski definition) is 0. The van der Waals surface area contributed by atoms with Gasteiger partial charge in [-0.1, -0.05) is 126 Å². The normalized spacial score (nSPS) is 11.5. The van der Waals surface area contributed by atoms with Gasteiger partial charge in [-0.3, -0.25) is 0 Å². The van der Waals surface area contributed by atoms with Gasteiger partial charge in [-0.05, 0) is 16.4 Å². The number of hydrogen-bond acceptors (Lipinski definition) is 0. The van der Waals surface area contributed by atoms with Crippen LogP contribution in [0, 0.1) is 6.92 Å². The first-order chi connectivity index (χ1) is 24.4. The van der Waals surface area contributed by atoms with Crippen molar-refractivity contribution >= 4 is 35.5 Å². The molecule has 51 heavy (non-hydrogen) atoms. The quantitative estimate of drug-likeness (QED) is 0.158. The summed E-state index contributed by atoms with van der Waals surface area (Å²) < 4.78 is 1.42. The van der Waals surface area contributed by atoms with Crippen LogP contribution in [0.1, 0.15) is 69.4 Å². The Bertz CT molecular complexity index is 2260. The number of fused-ring (bicyclic) bond motifs is 4. The van der Waals surface area contributed by atoms with Gasteiger partial charge in [0.1, 0.15) is 0 Å². The molecule has 0 unspecified atom stereocenters. The van der Waals surface area contributed by atoms with Gasteiger partial charge in [-0.25, -0.2) is 0 Å². The SMILES string of the molecule is CC(C)(C)c1ccc2c(c1)[cH-]c1cc(C(C)(C)C)ccc12.Cc1cc2c(-c3ccccc3)cccc2[cH-]1.[Zr+2]=[C](c1ccccc1)c1ccccc1. The predicted molar refractivity (Wildman–Crippen MR) is 220 cm³/mol. The zero-order chi connectivity index (χ0) is 36.2. The molecule has 0 atom stereocenters. The van der Waals surface area contributed by atoms with Crippen molar-refractivity contribution in [1.29, 1.82) is 0 Å². The maximum atomic E-state index is 2.35. The van der Waals surface area contributed by atoms with Gasteiger partial charge in [0.2, 0.25) is 0 Å². The molecule has 0 bridgehead atoms. The van der Waals surface area contributed by atoms with Crippen LogP contribution in [0.5, 0.6) is 0 Å². The van der Waals surface area contributed by atoms with E-state index in [1.807, 2.05) is 0 Å². The summed E-state index contributed by atoms with van der Waals surface area (Å²) in [4.78, 5) is 0. The second kappa shape index (κ2) is 15.4. The molecule has 0 spiro atoms. The molecular weight excluding hydrogens is 692 g/mol. The van der Waals surface area contributed by atoms with Crippen LogP contribution in [-0.2, 0) is 35.1 Å². The van der Waals surface area contributed by atoms with E-state index in [0.29, 0.717) is 0 Å². The summed E-state index contributed by atoms with van der Waals surface area (Å²) in [5, 5.41) is 8.16. The molecule has 0 nitrogen and oxygen atoms in total. The van der Waals surface area contributed by atoms with Gasteiger partial charge in [0.15, 0.2) is 0 Å². The van der Waals surface area contributed by atoms with Gasteiger partial charge in [0.25, 0.3) is 0 Å². The minimum atomic E-state index is 0.203. The average molecular weight is 740 g/mol. The molecule has 8 aromatic carbocycles. The first-order valence-corrected chi connectivity index (χ1v) is 19.2. The second-order valence-corrected chi connectivity index (χ2v) is 16.8. The van der Waals surface area contributed by atoms with E-state index >= 15 is 0 Å². The average Bonchev–Trinajstić information content (AvgIpc) is 3.71. The number of benzene rings is 6. The predicted octanol–water partition coefficient (Wildman–Crippen LogP) is 13.6. The first-order valence-electron chi connectivity index (χ1n) is 17.9. The molecule has 0 aliphatic rings. The van der Waals surface area contributed by atoms with Crippen molar-refractivity contribution in [3.8, 4) is 11.1 Å². The Labute approximate surface area is 319 Å². The van der Waals surface area contributed by atoms with Crippen LogP contribution in [-0.4, -0.2) is 3.21 Å². The zero-order valence-corrected chi connectivity index (χ0v) is 33.5. The summed E-state index contributed by atoms with van der Waals surface area (Å²) in [5.41, 5.74) is 9.82. The van der Waals surface area contributed by atoms with Crippen molar-refractivity contribution in [3.05, 3.63) is 192 Å². The zero-order valence-electron chi connectivity index (χ0n) is 31.1. The van der Waals surface area contributed by atoms with Gasteiger partial charge < -0.3 is 0 Å². The Morgan fingerprint density at radius 1 is 0.451 bits per heavy atom. The molecule has 0 aromatic heterocycles. The molecule has 0 aliphatic heterocycles. The summed E-state index contributed by atoms with van der Waals surface area (Å²) in [7, 11) is 0. The molecule has 8 aromatic rings. The number of rotatable bonds is 3. The van der Waals surface area contributed by atoms with Crippen molar-refractivity contribution in [2.75, 3.05) is 0 Å². The number of aryl methyl sites for hydroxylation is 1. The standard InChI is InChI=1S/C21H25.C16H13.C13H10.Zr/c1-20(2,3)16-7-9-18-14(12-16)11-15-13-17(21(4,5)6)8-10-19(15)18;1-12-10-14-8-5-9-15(16(14)11-12)13-6-3-2-4-7-13;1-3-7-12(8-4-1)11-13-9-5-2-6-10-13;/h7-13H,1-6H3;2-11H,1H3;1-10H;/q2*-1;;+2. The Morgan fingerprint density at radius 3 is 1.39 bits per heavy atom. The molecule has 0 radical (unpaired) electrons. The molecule has 0 saturated carbocycles. The Balaban J connectivity index is 0.000000135. The van der Waals surface area contributed by atoms with Gasteiger partial charge in [0.05, 0.1) is 0 Å². The molecular formula is C50H48Zr. The van der Waals surface area contributed by atoms with Crippen molar-refractivity contribution < 1.29 is 24.2 Å². The van der Waals surface area contributed by atoms with Crippen LogP contribution in [0.15, 0.2) is 164 Å². The fourth-order valence-corrected chi connectivity index (χ4v) is 7.41. The van der Waals surface area contributed by atoms with Crippen molar-refractivity contribution in [2.45, 2.75) is 59.3 Å². The maximum absolute atomic E-state index is 2.35. The van der Waals surface area contributed by atoms with E-state index in [2.05, 4.69) is 212 Å². The molecule has 0 saturated heterocycles. The van der Waals surface area contributed by atoms with Gasteiger partial charge in [-0.15, -0.1) is 74.3 Å². The van der Waals surface area contributed by atoms with Crippen LogP contribution in [0.25, 0.3) is 43.4 Å². The van der Waals surface area contributed by atoms with Crippen LogP contribution in [0.2, 0.25) is 0 Å². The molecule has 1 heteroatoms. The molecule has 0 fully saturated rings. The van der Waals surface area contributed by atoms with Crippen LogP contribution in [0.3, 0.4) is 0 Å². The fraction of sp³-hybridized carbons (Fsp3) is 0.180. The topological polar surface area (TPSA) is 0 Å². The second-order valence-electron chi connectivity index (χ2n) is 15.6. The van der Waals surface area contributed by atoms with E-state index in [4.69, 9.17) is 0 Å². The van der Waals surface area contributed by atoms with Crippen LogP contribution >= 0.6 is 0 Å². The van der Waals surface area contributed by atoms with Crippen molar-refractivity contribution in [1.82, 2.24) is 0 Å². The van der Waals surface area contributed by atoms with E-state index < -0.39 is 0 Å². The third-order valence-electron chi connectivity index (χ3n) is 9.54. The molecule has 0 aliphatic carbocycles. The molecule has 0 heterocycles. The minimum absolute atomic E-state index is 0.203. The third-order valence-corrected chi connectivity index (χ3v) is 11.0. The van der Waals surface area contributed by atoms with E-state index in [1.165, 1.54) is 98.7 Å². The summed E-state index contributed by atoms with van der Waals surface area (Å²) in [6, 6.07) is 58.8. The summed E-state index contributed by atoms with van der Waals surface area (Å²) in [5.74, 6) is 0. The van der Waals surface area contributed by atoms with E-state index in [9.17, 15) is 0 Å². The Hall–Kier alpha value is -4.45. The van der Waals surface area contributed by atoms with Crippen molar-refractivity contribution in [3.63, 3.8) is 0 Å². The molecule has 252 valence electrons. The summed E-state index contributed by atoms with van der Waals surface area (Å²) in [6.07, 6.45) is 0. The molecule has 8 rings (SSSR count). The Kier molecular flexibility index (Phi) is 11.0. The Morgan fingerprint density at radius 2 is 0.922 bits per heavy atom. The van der Waals surface area contributed by atoms with E-state index in [-0.39, 0.29) is 10.8 Å². The summed E-state index contributed by atoms with van der Waals surface area (Å²) in [6.45, 7) is 15.8. The van der Waals surface area contributed by atoms with Gasteiger partial charge in [0, 0.05) is 0 Å². The van der Waals surface area contributed by atoms with Crippen molar-refractivity contribution in [2.24, 2.45) is 0 Å². The van der Waals surface area contributed by atoms with Gasteiger partial charge >= 0.3 is 99.2 Å². The molecule has 0 N–H and O–H groups in total. The third kappa shape index (κ3) is 8.72. The molecule has 0 amide bonds. The fourth-order valence-electron chi connectivity index (χ4n) is 6.59. The van der Waals surface area contributed by atoms with Crippen LogP contribution in [0.4, 0.5) is 0 Å². The first kappa shape index (κ1) is 36.3. The van der Waals surface area contributed by atoms with E-state index in [0.717, 1.165) is 0 Å². The van der Waals surface area contributed by atoms with Gasteiger partial charge in [-0.2, -0.15) is 6.07 Å². The summed E-state index contributed by atoms with van der Waals surface area (Å²) >= 11 is 1.46. The van der Waals surface area contributed by atoms with E-state index in [1.54, 1.807) is 0 Å².